The molecule has 6 nitrogen and oxygen atoms in total. The lowest BCUT2D eigenvalue weighted by atomic mass is 10.0. The van der Waals surface area contributed by atoms with E-state index in [9.17, 15) is 9.59 Å². The minimum atomic E-state index is -0.117. The summed E-state index contributed by atoms with van der Waals surface area (Å²) in [5.74, 6) is 1.16. The summed E-state index contributed by atoms with van der Waals surface area (Å²) in [6.45, 7) is 6.00. The SMILES string of the molecule is Cc1cc(C(=O)NCC(N)C2CC2)cc(C)c1OCC(=O)N1CCCCC1.Cl. The maximum Gasteiger partial charge on any atom is 0.260 e. The standard InChI is InChI=1S/C21H31N3O3.ClH/c1-14-10-17(21(26)23-12-18(22)16-6-7-16)11-15(2)20(14)27-13-19(25)24-8-4-3-5-9-24;/h10-11,16,18H,3-9,12-13,22H2,1-2H3,(H,23,26);1H. The lowest BCUT2D eigenvalue weighted by Crippen LogP contribution is -2.39. The third-order valence-corrected chi connectivity index (χ3v) is 5.50. The summed E-state index contributed by atoms with van der Waals surface area (Å²) in [6.07, 6.45) is 5.66. The van der Waals surface area contributed by atoms with E-state index >= 15 is 0 Å². The summed E-state index contributed by atoms with van der Waals surface area (Å²) in [6, 6.07) is 3.66. The molecule has 1 aliphatic carbocycles. The molecular formula is C21H32ClN3O3. The molecule has 1 atom stereocenters. The summed E-state index contributed by atoms with van der Waals surface area (Å²) in [7, 11) is 0. The van der Waals surface area contributed by atoms with Gasteiger partial charge in [0.2, 0.25) is 0 Å². The molecule has 3 N–H and O–H groups in total. The number of halogens is 1. The monoisotopic (exact) mass is 409 g/mol. The summed E-state index contributed by atoms with van der Waals surface area (Å²) in [5.41, 5.74) is 8.37. The Morgan fingerprint density at radius 1 is 1.18 bits per heavy atom. The van der Waals surface area contributed by atoms with E-state index in [2.05, 4.69) is 5.32 Å². The highest BCUT2D eigenvalue weighted by atomic mass is 35.5. The number of carbonyl (C=O) groups excluding carboxylic acids is 2. The molecule has 2 amide bonds. The van der Waals surface area contributed by atoms with Crippen molar-refractivity contribution in [1.29, 1.82) is 0 Å². The first-order chi connectivity index (χ1) is 13.0. The Bertz CT molecular complexity index is 677. The second kappa shape index (κ2) is 10.1. The third-order valence-electron chi connectivity index (χ3n) is 5.50. The number of nitrogens with two attached hydrogens (primary N) is 1. The van der Waals surface area contributed by atoms with Crippen LogP contribution in [0.3, 0.4) is 0 Å². The summed E-state index contributed by atoms with van der Waals surface area (Å²) in [5, 5.41) is 2.92. The Morgan fingerprint density at radius 2 is 1.79 bits per heavy atom. The van der Waals surface area contributed by atoms with Gasteiger partial charge in [0.15, 0.2) is 6.61 Å². The van der Waals surface area contributed by atoms with Crippen LogP contribution in [-0.4, -0.2) is 49.0 Å². The van der Waals surface area contributed by atoms with Gasteiger partial charge in [-0.15, -0.1) is 12.4 Å². The predicted molar refractivity (Wildman–Crippen MR) is 112 cm³/mol. The molecule has 2 aliphatic rings. The van der Waals surface area contributed by atoms with E-state index in [0.717, 1.165) is 49.9 Å². The molecule has 1 aliphatic heterocycles. The van der Waals surface area contributed by atoms with Crippen LogP contribution in [0, 0.1) is 19.8 Å². The Kier molecular flexibility index (Phi) is 8.13. The van der Waals surface area contributed by atoms with Gasteiger partial charge in [-0.2, -0.15) is 0 Å². The highest BCUT2D eigenvalue weighted by Gasteiger charge is 2.28. The van der Waals surface area contributed by atoms with Gasteiger partial charge >= 0.3 is 0 Å². The molecule has 1 saturated carbocycles. The molecule has 3 rings (SSSR count). The molecule has 1 saturated heterocycles. The Morgan fingerprint density at radius 3 is 2.36 bits per heavy atom. The Balaban J connectivity index is 0.00000280. The van der Waals surface area contributed by atoms with Crippen molar-refractivity contribution >= 4 is 24.2 Å². The van der Waals surface area contributed by atoms with Gasteiger partial charge < -0.3 is 20.7 Å². The number of hydrogen-bond donors (Lipinski definition) is 2. The van der Waals surface area contributed by atoms with Gasteiger partial charge in [0.1, 0.15) is 5.75 Å². The van der Waals surface area contributed by atoms with E-state index < -0.39 is 0 Å². The molecule has 0 aromatic heterocycles. The fourth-order valence-electron chi connectivity index (χ4n) is 3.68. The molecule has 7 heteroatoms. The van der Waals surface area contributed by atoms with Crippen molar-refractivity contribution in [1.82, 2.24) is 10.2 Å². The van der Waals surface area contributed by atoms with Crippen molar-refractivity contribution < 1.29 is 14.3 Å². The van der Waals surface area contributed by atoms with Gasteiger partial charge in [0, 0.05) is 31.2 Å². The number of likely N-dealkylation sites (tertiary alicyclic amines) is 1. The molecular weight excluding hydrogens is 378 g/mol. The zero-order valence-corrected chi connectivity index (χ0v) is 17.6. The van der Waals surface area contributed by atoms with E-state index in [4.69, 9.17) is 10.5 Å². The van der Waals surface area contributed by atoms with E-state index in [1.165, 1.54) is 6.42 Å². The number of aryl methyl sites for hydroxylation is 2. The first-order valence-corrected chi connectivity index (χ1v) is 10.0. The quantitative estimate of drug-likeness (QED) is 0.724. The molecule has 1 aromatic carbocycles. The van der Waals surface area contributed by atoms with Crippen LogP contribution in [0.5, 0.6) is 5.75 Å². The fourth-order valence-corrected chi connectivity index (χ4v) is 3.68. The van der Waals surface area contributed by atoms with Gasteiger partial charge in [-0.25, -0.2) is 0 Å². The molecule has 1 aromatic rings. The number of amides is 2. The molecule has 0 radical (unpaired) electrons. The van der Waals surface area contributed by atoms with Crippen molar-refractivity contribution in [2.45, 2.75) is 52.0 Å². The van der Waals surface area contributed by atoms with Crippen LogP contribution in [0.15, 0.2) is 12.1 Å². The van der Waals surface area contributed by atoms with E-state index in [1.54, 1.807) is 0 Å². The fraction of sp³-hybridized carbons (Fsp3) is 0.619. The summed E-state index contributed by atoms with van der Waals surface area (Å²) >= 11 is 0. The van der Waals surface area contributed by atoms with Crippen molar-refractivity contribution in [2.75, 3.05) is 26.2 Å². The number of benzene rings is 1. The van der Waals surface area contributed by atoms with Crippen LogP contribution in [-0.2, 0) is 4.79 Å². The topological polar surface area (TPSA) is 84.7 Å². The highest BCUT2D eigenvalue weighted by Crippen LogP contribution is 2.31. The number of hydrogen-bond acceptors (Lipinski definition) is 4. The second-order valence-corrected chi connectivity index (χ2v) is 7.88. The van der Waals surface area contributed by atoms with Crippen LogP contribution in [0.4, 0.5) is 0 Å². The van der Waals surface area contributed by atoms with Gasteiger partial charge in [-0.1, -0.05) is 0 Å². The maximum absolute atomic E-state index is 12.4. The normalized spacial score (nSPS) is 17.5. The minimum absolute atomic E-state index is 0. The first kappa shape index (κ1) is 22.5. The lowest BCUT2D eigenvalue weighted by Gasteiger charge is -2.26. The first-order valence-electron chi connectivity index (χ1n) is 10.0. The van der Waals surface area contributed by atoms with Gasteiger partial charge in [-0.05, 0) is 75.1 Å². The molecule has 1 unspecified atom stereocenters. The minimum Gasteiger partial charge on any atom is -0.483 e. The summed E-state index contributed by atoms with van der Waals surface area (Å²) in [4.78, 5) is 26.6. The van der Waals surface area contributed by atoms with Crippen LogP contribution >= 0.6 is 12.4 Å². The number of nitrogens with one attached hydrogen (secondary N) is 1. The van der Waals surface area contributed by atoms with E-state index in [1.807, 2.05) is 30.9 Å². The summed E-state index contributed by atoms with van der Waals surface area (Å²) < 4.78 is 5.81. The van der Waals surface area contributed by atoms with Crippen LogP contribution in [0.1, 0.15) is 53.6 Å². The largest absolute Gasteiger partial charge is 0.483 e. The average Bonchev–Trinajstić information content (AvgIpc) is 3.50. The van der Waals surface area contributed by atoms with E-state index in [-0.39, 0.29) is 36.9 Å². The zero-order valence-electron chi connectivity index (χ0n) is 16.8. The smallest absolute Gasteiger partial charge is 0.260 e. The molecule has 0 bridgehead atoms. The molecule has 156 valence electrons. The number of nitrogens with zero attached hydrogens (tertiary/aromatic N) is 1. The van der Waals surface area contributed by atoms with Crippen LogP contribution in [0.2, 0.25) is 0 Å². The van der Waals surface area contributed by atoms with E-state index in [0.29, 0.717) is 23.8 Å². The zero-order chi connectivity index (χ0) is 19.4. The predicted octanol–water partition coefficient (Wildman–Crippen LogP) is 2.58. The Hall–Kier alpha value is -1.79. The molecule has 28 heavy (non-hydrogen) atoms. The average molecular weight is 410 g/mol. The Labute approximate surface area is 173 Å². The maximum atomic E-state index is 12.4. The van der Waals surface area contributed by atoms with Crippen molar-refractivity contribution in [3.05, 3.63) is 28.8 Å². The highest BCUT2D eigenvalue weighted by molar-refractivity contribution is 5.95. The third kappa shape index (κ3) is 5.85. The molecule has 1 heterocycles. The molecule has 0 spiro atoms. The van der Waals surface area contributed by atoms with Crippen LogP contribution < -0.4 is 15.8 Å². The van der Waals surface area contributed by atoms with Gasteiger partial charge in [0.25, 0.3) is 11.8 Å². The molecule has 2 fully saturated rings. The van der Waals surface area contributed by atoms with Crippen molar-refractivity contribution in [2.24, 2.45) is 11.7 Å². The van der Waals surface area contributed by atoms with Crippen molar-refractivity contribution in [3.63, 3.8) is 0 Å². The number of piperidine rings is 1. The second-order valence-electron chi connectivity index (χ2n) is 7.88. The van der Waals surface area contributed by atoms with Gasteiger partial charge in [-0.3, -0.25) is 9.59 Å². The van der Waals surface area contributed by atoms with Gasteiger partial charge in [0.05, 0.1) is 0 Å². The number of ether oxygens (including phenoxy) is 1. The number of carbonyl (C=O) groups is 2. The van der Waals surface area contributed by atoms with Crippen molar-refractivity contribution in [3.8, 4) is 5.75 Å². The number of rotatable bonds is 7. The lowest BCUT2D eigenvalue weighted by molar-refractivity contribution is -0.134. The van der Waals surface area contributed by atoms with Crippen LogP contribution in [0.25, 0.3) is 0 Å².